The molecule has 0 spiro atoms. The van der Waals surface area contributed by atoms with Crippen LogP contribution < -0.4 is 0 Å². The van der Waals surface area contributed by atoms with E-state index in [9.17, 15) is 9.59 Å². The highest BCUT2D eigenvalue weighted by Crippen LogP contribution is 2.36. The fourth-order valence-corrected chi connectivity index (χ4v) is 4.04. The molecule has 0 N–H and O–H groups in total. The number of hydrogen-bond acceptors (Lipinski definition) is 5. The summed E-state index contributed by atoms with van der Waals surface area (Å²) in [5.74, 6) is -0.150. The molecular formula is C23H29N3O3. The number of esters is 1. The van der Waals surface area contributed by atoms with Gasteiger partial charge in [-0.3, -0.25) is 19.6 Å². The number of aromatic nitrogens is 2. The third-order valence-electron chi connectivity index (χ3n) is 5.64. The van der Waals surface area contributed by atoms with Crippen LogP contribution >= 0.6 is 0 Å². The van der Waals surface area contributed by atoms with Gasteiger partial charge in [0, 0.05) is 38.1 Å². The zero-order chi connectivity index (χ0) is 20.7. The van der Waals surface area contributed by atoms with Crippen LogP contribution in [0.1, 0.15) is 43.0 Å². The smallest absolute Gasteiger partial charge is 0.314 e. The molecule has 0 aliphatic carbocycles. The highest BCUT2D eigenvalue weighted by Gasteiger charge is 2.44. The van der Waals surface area contributed by atoms with E-state index in [0.29, 0.717) is 39.0 Å². The molecule has 1 saturated heterocycles. The Labute approximate surface area is 172 Å². The molecule has 0 radical (unpaired) electrons. The number of hydrogen-bond donors (Lipinski definition) is 0. The third kappa shape index (κ3) is 5.19. The van der Waals surface area contributed by atoms with E-state index in [1.54, 1.807) is 18.6 Å². The minimum absolute atomic E-state index is 0.0498. The van der Waals surface area contributed by atoms with Gasteiger partial charge in [-0.15, -0.1) is 0 Å². The molecule has 1 aliphatic rings. The molecule has 1 amide bonds. The summed E-state index contributed by atoms with van der Waals surface area (Å²) in [6.45, 7) is 5.30. The first kappa shape index (κ1) is 21.0. The molecule has 6 nitrogen and oxygen atoms in total. The first-order chi connectivity index (χ1) is 14.0. The molecular weight excluding hydrogens is 366 g/mol. The van der Waals surface area contributed by atoms with Crippen LogP contribution in [0.2, 0.25) is 0 Å². The van der Waals surface area contributed by atoms with Crippen molar-refractivity contribution in [2.75, 3.05) is 19.7 Å². The van der Waals surface area contributed by atoms with Crippen molar-refractivity contribution in [2.24, 2.45) is 5.41 Å². The molecule has 2 aromatic rings. The number of piperidine rings is 1. The van der Waals surface area contributed by atoms with Crippen LogP contribution in [0.5, 0.6) is 0 Å². The summed E-state index contributed by atoms with van der Waals surface area (Å²) in [5, 5.41) is 0. The summed E-state index contributed by atoms with van der Waals surface area (Å²) in [7, 11) is 0. The molecule has 1 atom stereocenters. The van der Waals surface area contributed by atoms with Crippen LogP contribution in [0.3, 0.4) is 0 Å². The van der Waals surface area contributed by atoms with Crippen molar-refractivity contribution in [1.29, 1.82) is 0 Å². The predicted octanol–water partition coefficient (Wildman–Crippen LogP) is 3.13. The van der Waals surface area contributed by atoms with Crippen molar-refractivity contribution in [3.8, 4) is 0 Å². The van der Waals surface area contributed by atoms with Crippen molar-refractivity contribution in [3.05, 3.63) is 59.7 Å². The largest absolute Gasteiger partial charge is 0.466 e. The van der Waals surface area contributed by atoms with Crippen molar-refractivity contribution in [3.63, 3.8) is 0 Å². The lowest BCUT2D eigenvalue weighted by Gasteiger charge is -2.41. The fraction of sp³-hybridized carbons (Fsp3) is 0.478. The van der Waals surface area contributed by atoms with Gasteiger partial charge < -0.3 is 9.64 Å². The van der Waals surface area contributed by atoms with E-state index in [0.717, 1.165) is 29.7 Å². The molecule has 1 aromatic carbocycles. The van der Waals surface area contributed by atoms with E-state index in [2.05, 4.69) is 29.0 Å². The van der Waals surface area contributed by atoms with Gasteiger partial charge in [-0.05, 0) is 50.7 Å². The Morgan fingerprint density at radius 1 is 1.24 bits per heavy atom. The van der Waals surface area contributed by atoms with Crippen LogP contribution in [0.4, 0.5) is 0 Å². The molecule has 1 aliphatic heterocycles. The average molecular weight is 396 g/mol. The highest BCUT2D eigenvalue weighted by atomic mass is 16.5. The van der Waals surface area contributed by atoms with Crippen LogP contribution in [-0.2, 0) is 27.2 Å². The van der Waals surface area contributed by atoms with Gasteiger partial charge in [-0.2, -0.15) is 0 Å². The van der Waals surface area contributed by atoms with Crippen molar-refractivity contribution in [2.45, 2.75) is 46.0 Å². The van der Waals surface area contributed by atoms with Crippen LogP contribution in [0.25, 0.3) is 0 Å². The second-order valence-electron chi connectivity index (χ2n) is 7.72. The quantitative estimate of drug-likeness (QED) is 0.674. The number of aryl methyl sites for hydroxylation is 2. The zero-order valence-corrected chi connectivity index (χ0v) is 17.3. The van der Waals surface area contributed by atoms with Crippen molar-refractivity contribution < 1.29 is 14.3 Å². The summed E-state index contributed by atoms with van der Waals surface area (Å²) in [4.78, 5) is 36.0. The normalized spacial score (nSPS) is 19.0. The second-order valence-corrected chi connectivity index (χ2v) is 7.72. The molecule has 1 fully saturated rings. The summed E-state index contributed by atoms with van der Waals surface area (Å²) in [6.07, 6.45) is 7.96. The van der Waals surface area contributed by atoms with Gasteiger partial charge >= 0.3 is 5.97 Å². The topological polar surface area (TPSA) is 72.4 Å². The van der Waals surface area contributed by atoms with Crippen molar-refractivity contribution in [1.82, 2.24) is 14.9 Å². The number of ether oxygens (including phenoxy) is 1. The van der Waals surface area contributed by atoms with Gasteiger partial charge in [0.2, 0.25) is 5.91 Å². The van der Waals surface area contributed by atoms with Gasteiger partial charge in [0.25, 0.3) is 0 Å². The van der Waals surface area contributed by atoms with Crippen LogP contribution in [0, 0.1) is 12.3 Å². The predicted molar refractivity (Wildman–Crippen MR) is 110 cm³/mol. The molecule has 0 unspecified atom stereocenters. The maximum absolute atomic E-state index is 13.0. The molecule has 3 rings (SSSR count). The van der Waals surface area contributed by atoms with Crippen LogP contribution in [0.15, 0.2) is 42.9 Å². The Morgan fingerprint density at radius 2 is 2.07 bits per heavy atom. The van der Waals surface area contributed by atoms with Gasteiger partial charge in [-0.25, -0.2) is 0 Å². The fourth-order valence-electron chi connectivity index (χ4n) is 4.04. The van der Waals surface area contributed by atoms with E-state index in [4.69, 9.17) is 4.74 Å². The summed E-state index contributed by atoms with van der Waals surface area (Å²) in [6, 6.07) is 8.11. The van der Waals surface area contributed by atoms with E-state index >= 15 is 0 Å². The minimum atomic E-state index is -0.692. The van der Waals surface area contributed by atoms with Gasteiger partial charge in [0.1, 0.15) is 0 Å². The average Bonchev–Trinajstić information content (AvgIpc) is 2.75. The number of nitrogens with zero attached hydrogens (tertiary/aromatic N) is 3. The molecule has 2 heterocycles. The van der Waals surface area contributed by atoms with Crippen molar-refractivity contribution >= 4 is 11.9 Å². The standard InChI is InChI=1S/C23H29N3O3/c1-3-29-22(28)23(15-19-8-5-4-7-18(19)2)11-6-14-26(17-23)21(27)10-9-20-16-24-12-13-25-20/h4-5,7-8,12-13,16H,3,6,9-11,14-15,17H2,1-2H3/t23-/m0/s1. The van der Waals surface area contributed by atoms with E-state index < -0.39 is 5.41 Å². The SMILES string of the molecule is CCOC(=O)[C@]1(Cc2ccccc2C)CCCN(C(=O)CCc2cnccn2)C1. The maximum Gasteiger partial charge on any atom is 0.314 e. The lowest BCUT2D eigenvalue weighted by molar-refractivity contribution is -0.160. The Kier molecular flexibility index (Phi) is 6.96. The molecule has 154 valence electrons. The Bertz CT molecular complexity index is 840. The lowest BCUT2D eigenvalue weighted by atomic mass is 9.74. The van der Waals surface area contributed by atoms with E-state index in [-0.39, 0.29) is 11.9 Å². The zero-order valence-electron chi connectivity index (χ0n) is 17.3. The van der Waals surface area contributed by atoms with E-state index in [1.165, 1.54) is 0 Å². The Balaban J connectivity index is 1.75. The molecule has 0 saturated carbocycles. The summed E-state index contributed by atoms with van der Waals surface area (Å²) in [5.41, 5.74) is 2.40. The Morgan fingerprint density at radius 3 is 2.79 bits per heavy atom. The maximum atomic E-state index is 13.0. The molecule has 0 bridgehead atoms. The summed E-state index contributed by atoms with van der Waals surface area (Å²) < 4.78 is 5.46. The van der Waals surface area contributed by atoms with E-state index in [1.807, 2.05) is 24.0 Å². The molecule has 29 heavy (non-hydrogen) atoms. The van der Waals surface area contributed by atoms with Gasteiger partial charge in [0.15, 0.2) is 0 Å². The molecule has 6 heteroatoms. The number of amides is 1. The number of rotatable bonds is 7. The first-order valence-corrected chi connectivity index (χ1v) is 10.3. The third-order valence-corrected chi connectivity index (χ3v) is 5.64. The summed E-state index contributed by atoms with van der Waals surface area (Å²) >= 11 is 0. The molecule has 1 aromatic heterocycles. The second kappa shape index (κ2) is 9.63. The lowest BCUT2D eigenvalue weighted by Crippen LogP contribution is -2.51. The van der Waals surface area contributed by atoms with Gasteiger partial charge in [0.05, 0.1) is 17.7 Å². The number of benzene rings is 1. The minimum Gasteiger partial charge on any atom is -0.466 e. The number of carbonyl (C=O) groups excluding carboxylic acids is 2. The monoisotopic (exact) mass is 395 g/mol. The first-order valence-electron chi connectivity index (χ1n) is 10.3. The number of carbonyl (C=O) groups is 2. The van der Waals surface area contributed by atoms with Crippen LogP contribution in [-0.4, -0.2) is 46.4 Å². The van der Waals surface area contributed by atoms with Gasteiger partial charge in [-0.1, -0.05) is 24.3 Å². The Hall–Kier alpha value is -2.76. The highest BCUT2D eigenvalue weighted by molar-refractivity contribution is 5.81. The number of likely N-dealkylation sites (tertiary alicyclic amines) is 1.